The molecule has 1 rings (SSSR count). The number of benzene rings is 1. The molecule has 0 saturated carbocycles. The first-order valence-corrected chi connectivity index (χ1v) is 7.36. The summed E-state index contributed by atoms with van der Waals surface area (Å²) in [5.41, 5.74) is -1.37. The number of anilines is 1. The van der Waals surface area contributed by atoms with E-state index in [1.807, 2.05) is 0 Å². The predicted octanol–water partition coefficient (Wildman–Crippen LogP) is 2.69. The number of hydrogen-bond acceptors (Lipinski definition) is 3. The van der Waals surface area contributed by atoms with Gasteiger partial charge in [-0.15, -0.1) is 0 Å². The van der Waals surface area contributed by atoms with Crippen LogP contribution < -0.4 is 5.32 Å². The minimum absolute atomic E-state index is 0.0184. The molecule has 1 aromatic rings. The maximum absolute atomic E-state index is 13.0. The molecule has 0 radical (unpaired) electrons. The van der Waals surface area contributed by atoms with Crippen LogP contribution >= 0.6 is 0 Å². The van der Waals surface area contributed by atoms with Gasteiger partial charge in [0, 0.05) is 18.0 Å². The zero-order valence-corrected chi connectivity index (χ0v) is 11.1. The summed E-state index contributed by atoms with van der Waals surface area (Å²) in [5, 5.41) is 2.59. The van der Waals surface area contributed by atoms with Gasteiger partial charge < -0.3 is 5.32 Å². The van der Waals surface area contributed by atoms with E-state index in [4.69, 9.17) is 0 Å². The average Bonchev–Trinajstić information content (AvgIpc) is 2.16. The van der Waals surface area contributed by atoms with Gasteiger partial charge in [0.1, 0.15) is 15.7 Å². The summed E-state index contributed by atoms with van der Waals surface area (Å²) in [6.45, 7) is 1.51. The molecule has 0 bridgehead atoms. The first-order valence-electron chi connectivity index (χ1n) is 5.30. The fourth-order valence-electron chi connectivity index (χ4n) is 1.61. The minimum Gasteiger partial charge on any atom is -0.382 e. The molecule has 0 fully saturated rings. The number of sulfone groups is 1. The minimum atomic E-state index is -4.79. The predicted molar refractivity (Wildman–Crippen MR) is 64.2 cm³/mol. The molecule has 19 heavy (non-hydrogen) atoms. The van der Waals surface area contributed by atoms with Crippen LogP contribution in [0.1, 0.15) is 12.5 Å². The van der Waals surface area contributed by atoms with Crippen molar-refractivity contribution in [3.8, 4) is 0 Å². The molecule has 0 amide bonds. The summed E-state index contributed by atoms with van der Waals surface area (Å²) >= 11 is 0. The van der Waals surface area contributed by atoms with Crippen LogP contribution in [-0.4, -0.2) is 26.5 Å². The van der Waals surface area contributed by atoms with Crippen LogP contribution in [-0.2, 0) is 16.0 Å². The van der Waals surface area contributed by atoms with Crippen LogP contribution in [0.5, 0.6) is 0 Å². The molecule has 108 valence electrons. The van der Waals surface area contributed by atoms with E-state index in [2.05, 4.69) is 5.32 Å². The van der Waals surface area contributed by atoms with E-state index in [0.717, 1.165) is 12.3 Å². The first-order chi connectivity index (χ1) is 8.49. The Morgan fingerprint density at radius 1 is 1.32 bits per heavy atom. The van der Waals surface area contributed by atoms with Crippen molar-refractivity contribution in [3.63, 3.8) is 0 Å². The standard InChI is InChI=1S/C11H13F4NO2S/c1-7(6-19(2,17)18)16-8-3-4-10(12)9(5-8)11(13,14)15/h3-5,7,16H,6H2,1-2H3. The highest BCUT2D eigenvalue weighted by molar-refractivity contribution is 7.90. The molecular weight excluding hydrogens is 286 g/mol. The van der Waals surface area contributed by atoms with Gasteiger partial charge in [0.25, 0.3) is 0 Å². The van der Waals surface area contributed by atoms with Gasteiger partial charge in [0.05, 0.1) is 11.3 Å². The Balaban J connectivity index is 2.92. The molecule has 0 aliphatic heterocycles. The maximum Gasteiger partial charge on any atom is 0.419 e. The van der Waals surface area contributed by atoms with Crippen LogP contribution in [0.3, 0.4) is 0 Å². The van der Waals surface area contributed by atoms with Gasteiger partial charge >= 0.3 is 6.18 Å². The second-order valence-corrected chi connectivity index (χ2v) is 6.52. The molecule has 0 aromatic heterocycles. The van der Waals surface area contributed by atoms with Gasteiger partial charge in [-0.25, -0.2) is 12.8 Å². The lowest BCUT2D eigenvalue weighted by Crippen LogP contribution is -2.25. The van der Waals surface area contributed by atoms with Crippen LogP contribution in [0.25, 0.3) is 0 Å². The van der Waals surface area contributed by atoms with E-state index in [1.165, 1.54) is 6.92 Å². The summed E-state index contributed by atoms with van der Waals surface area (Å²) in [7, 11) is -3.25. The third-order valence-corrected chi connectivity index (χ3v) is 3.34. The van der Waals surface area contributed by atoms with Gasteiger partial charge in [-0.3, -0.25) is 0 Å². The molecule has 0 saturated heterocycles. The monoisotopic (exact) mass is 299 g/mol. The van der Waals surface area contributed by atoms with Crippen molar-refractivity contribution in [2.24, 2.45) is 0 Å². The van der Waals surface area contributed by atoms with Gasteiger partial charge in [0.15, 0.2) is 0 Å². The van der Waals surface area contributed by atoms with Crippen LogP contribution in [0.4, 0.5) is 23.2 Å². The maximum atomic E-state index is 13.0. The third kappa shape index (κ3) is 5.06. The van der Waals surface area contributed by atoms with Gasteiger partial charge in [-0.1, -0.05) is 0 Å². The van der Waals surface area contributed by atoms with Crippen LogP contribution in [0.2, 0.25) is 0 Å². The third-order valence-electron chi connectivity index (χ3n) is 2.24. The lowest BCUT2D eigenvalue weighted by Gasteiger charge is -2.16. The molecule has 0 spiro atoms. The number of nitrogens with one attached hydrogen (secondary N) is 1. The van der Waals surface area contributed by atoms with Crippen molar-refractivity contribution in [2.45, 2.75) is 19.1 Å². The number of rotatable bonds is 4. The molecule has 0 aliphatic rings. The molecule has 0 heterocycles. The Morgan fingerprint density at radius 3 is 2.37 bits per heavy atom. The molecule has 1 unspecified atom stereocenters. The first kappa shape index (κ1) is 15.7. The Labute approximate surface area is 108 Å². The topological polar surface area (TPSA) is 46.2 Å². The Bertz CT molecular complexity index is 554. The fourth-order valence-corrected chi connectivity index (χ4v) is 2.60. The number of alkyl halides is 3. The molecule has 0 aliphatic carbocycles. The second-order valence-electron chi connectivity index (χ2n) is 4.33. The largest absolute Gasteiger partial charge is 0.419 e. The zero-order chi connectivity index (χ0) is 14.8. The zero-order valence-electron chi connectivity index (χ0n) is 10.3. The second kappa shape index (κ2) is 5.36. The molecule has 3 nitrogen and oxygen atoms in total. The Hall–Kier alpha value is -1.31. The van der Waals surface area contributed by atoms with E-state index in [0.29, 0.717) is 12.1 Å². The lowest BCUT2D eigenvalue weighted by molar-refractivity contribution is -0.139. The van der Waals surface area contributed by atoms with Crippen LogP contribution in [0.15, 0.2) is 18.2 Å². The van der Waals surface area contributed by atoms with Crippen LogP contribution in [0, 0.1) is 5.82 Å². The summed E-state index contributed by atoms with van der Waals surface area (Å²) in [5.74, 6) is -1.60. The molecule has 8 heteroatoms. The van der Waals surface area contributed by atoms with E-state index >= 15 is 0 Å². The Morgan fingerprint density at radius 2 is 1.89 bits per heavy atom. The normalized spacial score (nSPS) is 14.2. The highest BCUT2D eigenvalue weighted by atomic mass is 32.2. The Kier molecular flexibility index (Phi) is 4.44. The fraction of sp³-hybridized carbons (Fsp3) is 0.455. The summed E-state index contributed by atoms with van der Waals surface area (Å²) in [6, 6.07) is 1.86. The van der Waals surface area contributed by atoms with E-state index in [9.17, 15) is 26.0 Å². The van der Waals surface area contributed by atoms with E-state index in [-0.39, 0.29) is 11.4 Å². The summed E-state index contributed by atoms with van der Waals surface area (Å²) in [4.78, 5) is 0. The molecule has 1 aromatic carbocycles. The highest BCUT2D eigenvalue weighted by Crippen LogP contribution is 2.33. The average molecular weight is 299 g/mol. The van der Waals surface area contributed by atoms with Gasteiger partial charge in [-0.2, -0.15) is 13.2 Å². The molecule has 1 atom stereocenters. The van der Waals surface area contributed by atoms with Crippen molar-refractivity contribution in [3.05, 3.63) is 29.6 Å². The molecular formula is C11H13F4NO2S. The summed E-state index contributed by atoms with van der Waals surface area (Å²) < 4.78 is 72.5. The smallest absolute Gasteiger partial charge is 0.382 e. The van der Waals surface area contributed by atoms with E-state index in [1.54, 1.807) is 0 Å². The van der Waals surface area contributed by atoms with Gasteiger partial charge in [-0.05, 0) is 25.1 Å². The van der Waals surface area contributed by atoms with Crippen molar-refractivity contribution in [1.29, 1.82) is 0 Å². The van der Waals surface area contributed by atoms with E-state index < -0.39 is 33.4 Å². The SMILES string of the molecule is CC(CS(C)(=O)=O)Nc1ccc(F)c(C(F)(F)F)c1. The quantitative estimate of drug-likeness (QED) is 0.870. The lowest BCUT2D eigenvalue weighted by atomic mass is 10.1. The summed E-state index contributed by atoms with van der Waals surface area (Å²) in [6.07, 6.45) is -3.77. The van der Waals surface area contributed by atoms with Crippen molar-refractivity contribution >= 4 is 15.5 Å². The number of halogens is 4. The molecule has 1 N–H and O–H groups in total. The van der Waals surface area contributed by atoms with Crippen molar-refractivity contribution in [2.75, 3.05) is 17.3 Å². The highest BCUT2D eigenvalue weighted by Gasteiger charge is 2.34. The van der Waals surface area contributed by atoms with Gasteiger partial charge in [0.2, 0.25) is 0 Å². The van der Waals surface area contributed by atoms with Crippen molar-refractivity contribution < 1.29 is 26.0 Å². The number of hydrogen-bond donors (Lipinski definition) is 1. The van der Waals surface area contributed by atoms with Crippen molar-refractivity contribution in [1.82, 2.24) is 0 Å².